The van der Waals surface area contributed by atoms with Crippen molar-refractivity contribution < 1.29 is 9.47 Å². The standard InChI is InChI=1S/C18H19N5O2/c1-2-4-14-12(3-1)13(9-18(25-14)5-7-24-8-6-18)23-17-15-16(20-10-19-15)21-11-22-17/h1-4,10-11,13H,5-9H2,(H2,19,20,21,22,23). The van der Waals surface area contributed by atoms with Gasteiger partial charge in [-0.05, 0) is 6.07 Å². The summed E-state index contributed by atoms with van der Waals surface area (Å²) in [6.07, 6.45) is 5.88. The first-order chi connectivity index (χ1) is 12.3. The Balaban J connectivity index is 1.53. The van der Waals surface area contributed by atoms with Crippen molar-refractivity contribution in [3.63, 3.8) is 0 Å². The van der Waals surface area contributed by atoms with E-state index in [1.165, 1.54) is 0 Å². The maximum absolute atomic E-state index is 6.43. The van der Waals surface area contributed by atoms with E-state index in [9.17, 15) is 0 Å². The van der Waals surface area contributed by atoms with Crippen molar-refractivity contribution in [2.45, 2.75) is 30.9 Å². The minimum atomic E-state index is -0.176. The molecule has 2 N–H and O–H groups in total. The molecule has 1 spiro atoms. The second kappa shape index (κ2) is 5.70. The van der Waals surface area contributed by atoms with Gasteiger partial charge in [0.25, 0.3) is 0 Å². The quantitative estimate of drug-likeness (QED) is 0.748. The van der Waals surface area contributed by atoms with Gasteiger partial charge in [-0.2, -0.15) is 0 Å². The molecule has 1 unspecified atom stereocenters. The van der Waals surface area contributed by atoms with Gasteiger partial charge in [-0.1, -0.05) is 18.2 Å². The zero-order chi connectivity index (χ0) is 16.7. The fraction of sp³-hybridized carbons (Fsp3) is 0.389. The molecule has 2 aromatic heterocycles. The van der Waals surface area contributed by atoms with Gasteiger partial charge in [0, 0.05) is 24.8 Å². The molecule has 0 aliphatic carbocycles. The first-order valence-electron chi connectivity index (χ1n) is 8.59. The number of aromatic nitrogens is 4. The Labute approximate surface area is 144 Å². The Bertz CT molecular complexity index is 903. The molecule has 25 heavy (non-hydrogen) atoms. The van der Waals surface area contributed by atoms with Crippen LogP contribution in [0, 0.1) is 0 Å². The summed E-state index contributed by atoms with van der Waals surface area (Å²) in [7, 11) is 0. The maximum Gasteiger partial charge on any atom is 0.182 e. The van der Waals surface area contributed by atoms with Crippen molar-refractivity contribution in [2.24, 2.45) is 0 Å². The predicted molar refractivity (Wildman–Crippen MR) is 92.5 cm³/mol. The van der Waals surface area contributed by atoms with Crippen LogP contribution in [0.4, 0.5) is 5.82 Å². The van der Waals surface area contributed by atoms with Crippen molar-refractivity contribution >= 4 is 17.0 Å². The molecule has 1 aromatic carbocycles. The molecule has 2 aliphatic rings. The van der Waals surface area contributed by atoms with Crippen LogP contribution in [0.3, 0.4) is 0 Å². The molecule has 0 bridgehead atoms. The SMILES string of the molecule is c1ccc2c(c1)OC1(CCOCC1)CC2Nc1ncnc2nc[nH]c12. The minimum absolute atomic E-state index is 0.115. The maximum atomic E-state index is 6.43. The van der Waals surface area contributed by atoms with E-state index in [0.29, 0.717) is 5.65 Å². The van der Waals surface area contributed by atoms with Crippen LogP contribution >= 0.6 is 0 Å². The lowest BCUT2D eigenvalue weighted by Crippen LogP contribution is -2.46. The van der Waals surface area contributed by atoms with Crippen LogP contribution in [0.15, 0.2) is 36.9 Å². The number of fused-ring (bicyclic) bond motifs is 2. The van der Waals surface area contributed by atoms with Gasteiger partial charge in [0.05, 0.1) is 25.6 Å². The number of hydrogen-bond donors (Lipinski definition) is 2. The highest BCUT2D eigenvalue weighted by Crippen LogP contribution is 2.45. The number of imidazole rings is 1. The number of benzene rings is 1. The van der Waals surface area contributed by atoms with Gasteiger partial charge in [0.15, 0.2) is 11.5 Å². The summed E-state index contributed by atoms with van der Waals surface area (Å²) >= 11 is 0. The molecule has 0 radical (unpaired) electrons. The number of anilines is 1. The summed E-state index contributed by atoms with van der Waals surface area (Å²) in [5.41, 5.74) is 2.47. The third-order valence-corrected chi connectivity index (χ3v) is 5.13. The summed E-state index contributed by atoms with van der Waals surface area (Å²) in [6, 6.07) is 8.34. The van der Waals surface area contributed by atoms with Crippen molar-refractivity contribution in [3.8, 4) is 5.75 Å². The Hall–Kier alpha value is -2.67. The van der Waals surface area contributed by atoms with Crippen molar-refractivity contribution in [1.29, 1.82) is 0 Å². The lowest BCUT2D eigenvalue weighted by molar-refractivity contribution is -0.0608. The van der Waals surface area contributed by atoms with Crippen LogP contribution in [0.1, 0.15) is 30.9 Å². The van der Waals surface area contributed by atoms with Crippen molar-refractivity contribution in [1.82, 2.24) is 19.9 Å². The van der Waals surface area contributed by atoms with Gasteiger partial charge in [0.2, 0.25) is 0 Å². The van der Waals surface area contributed by atoms with Crippen molar-refractivity contribution in [3.05, 3.63) is 42.5 Å². The van der Waals surface area contributed by atoms with Crippen molar-refractivity contribution in [2.75, 3.05) is 18.5 Å². The molecule has 2 aliphatic heterocycles. The van der Waals surface area contributed by atoms with Gasteiger partial charge in [-0.3, -0.25) is 0 Å². The fourth-order valence-corrected chi connectivity index (χ4v) is 3.84. The molecule has 0 saturated carbocycles. The van der Waals surface area contributed by atoms with Crippen LogP contribution in [0.5, 0.6) is 5.75 Å². The summed E-state index contributed by atoms with van der Waals surface area (Å²) in [4.78, 5) is 15.9. The van der Waals surface area contributed by atoms with E-state index >= 15 is 0 Å². The summed E-state index contributed by atoms with van der Waals surface area (Å²) in [6.45, 7) is 1.49. The highest BCUT2D eigenvalue weighted by molar-refractivity contribution is 5.82. The normalized spacial score (nSPS) is 21.7. The summed E-state index contributed by atoms with van der Waals surface area (Å²) < 4.78 is 12.0. The second-order valence-corrected chi connectivity index (χ2v) is 6.66. The molecule has 1 fully saturated rings. The Kier molecular flexibility index (Phi) is 3.34. The number of H-pyrrole nitrogens is 1. The highest BCUT2D eigenvalue weighted by Gasteiger charge is 2.42. The Morgan fingerprint density at radius 1 is 1.12 bits per heavy atom. The molecule has 128 valence electrons. The lowest BCUT2D eigenvalue weighted by atomic mass is 9.82. The molecular formula is C18H19N5O2. The first kappa shape index (κ1) is 14.7. The van der Waals surface area contributed by atoms with Gasteiger partial charge in [0.1, 0.15) is 23.2 Å². The average Bonchev–Trinajstić information content (AvgIpc) is 3.12. The van der Waals surface area contributed by atoms with E-state index in [1.54, 1.807) is 12.7 Å². The van der Waals surface area contributed by atoms with Gasteiger partial charge >= 0.3 is 0 Å². The van der Waals surface area contributed by atoms with E-state index < -0.39 is 0 Å². The number of aromatic amines is 1. The molecular weight excluding hydrogens is 318 g/mol. The number of rotatable bonds is 2. The zero-order valence-electron chi connectivity index (χ0n) is 13.7. The number of nitrogens with one attached hydrogen (secondary N) is 2. The largest absolute Gasteiger partial charge is 0.487 e. The zero-order valence-corrected chi connectivity index (χ0v) is 13.7. The number of nitrogens with zero attached hydrogens (tertiary/aromatic N) is 3. The Morgan fingerprint density at radius 3 is 2.92 bits per heavy atom. The molecule has 3 aromatic rings. The molecule has 1 saturated heterocycles. The molecule has 7 nitrogen and oxygen atoms in total. The summed E-state index contributed by atoms with van der Waals surface area (Å²) in [5.74, 6) is 1.72. The van der Waals surface area contributed by atoms with E-state index in [-0.39, 0.29) is 11.6 Å². The van der Waals surface area contributed by atoms with E-state index in [2.05, 4.69) is 31.3 Å². The van der Waals surface area contributed by atoms with Crippen LogP contribution in [-0.2, 0) is 4.74 Å². The topological polar surface area (TPSA) is 84.9 Å². The smallest absolute Gasteiger partial charge is 0.182 e. The average molecular weight is 337 g/mol. The van der Waals surface area contributed by atoms with Crippen LogP contribution < -0.4 is 10.1 Å². The minimum Gasteiger partial charge on any atom is -0.487 e. The van der Waals surface area contributed by atoms with Gasteiger partial charge in [-0.15, -0.1) is 0 Å². The molecule has 4 heterocycles. The van der Waals surface area contributed by atoms with E-state index in [4.69, 9.17) is 9.47 Å². The second-order valence-electron chi connectivity index (χ2n) is 6.66. The monoisotopic (exact) mass is 337 g/mol. The van der Waals surface area contributed by atoms with Crippen LogP contribution in [0.25, 0.3) is 11.2 Å². The van der Waals surface area contributed by atoms with Gasteiger partial charge in [-0.25, -0.2) is 15.0 Å². The number of hydrogen-bond acceptors (Lipinski definition) is 6. The highest BCUT2D eigenvalue weighted by atomic mass is 16.5. The van der Waals surface area contributed by atoms with E-state index in [0.717, 1.165) is 55.1 Å². The first-order valence-corrected chi connectivity index (χ1v) is 8.59. The summed E-state index contributed by atoms with van der Waals surface area (Å²) in [5, 5.41) is 3.59. The molecule has 0 amide bonds. The third kappa shape index (κ3) is 2.51. The fourth-order valence-electron chi connectivity index (χ4n) is 3.84. The van der Waals surface area contributed by atoms with Gasteiger partial charge < -0.3 is 19.8 Å². The number of para-hydroxylation sites is 1. The molecule has 1 atom stereocenters. The van der Waals surface area contributed by atoms with E-state index in [1.807, 2.05) is 18.2 Å². The number of ether oxygens (including phenoxy) is 2. The molecule has 7 heteroatoms. The predicted octanol–water partition coefficient (Wildman–Crippen LogP) is 2.84. The lowest BCUT2D eigenvalue weighted by Gasteiger charge is -2.44. The Morgan fingerprint density at radius 2 is 2.00 bits per heavy atom. The molecule has 5 rings (SSSR count). The van der Waals surface area contributed by atoms with Crippen LogP contribution in [0.2, 0.25) is 0 Å². The third-order valence-electron chi connectivity index (χ3n) is 5.13. The van der Waals surface area contributed by atoms with Crippen LogP contribution in [-0.4, -0.2) is 38.8 Å².